The normalized spacial score (nSPS) is 19.1. The number of piperazine rings is 1. The smallest absolute Gasteiger partial charge is 0.236 e. The van der Waals surface area contributed by atoms with E-state index in [0.717, 1.165) is 52.4 Å². The van der Waals surface area contributed by atoms with Crippen LogP contribution in [0.15, 0.2) is 42.7 Å². The molecule has 0 saturated carbocycles. The van der Waals surface area contributed by atoms with E-state index in [2.05, 4.69) is 44.1 Å². The summed E-state index contributed by atoms with van der Waals surface area (Å²) in [6, 6.07) is 10.8. The number of piperidine rings is 1. The van der Waals surface area contributed by atoms with Gasteiger partial charge in [0.15, 0.2) is 0 Å². The Bertz CT molecular complexity index is 729. The molecule has 3 heterocycles. The van der Waals surface area contributed by atoms with Crippen molar-refractivity contribution in [2.24, 2.45) is 0 Å². The Morgan fingerprint density at radius 3 is 2.11 bits per heavy atom. The summed E-state index contributed by atoms with van der Waals surface area (Å²) in [5.74, 6) is 0.320. The summed E-state index contributed by atoms with van der Waals surface area (Å²) in [6.07, 6.45) is 7.41. The summed E-state index contributed by atoms with van der Waals surface area (Å²) in [5, 5.41) is 4.26. The molecule has 0 unspecified atom stereocenters. The highest BCUT2D eigenvalue weighted by Gasteiger charge is 2.22. The third-order valence-corrected chi connectivity index (χ3v) is 5.87. The zero-order chi connectivity index (χ0) is 19.2. The van der Waals surface area contributed by atoms with Crippen LogP contribution in [0.2, 0.25) is 0 Å². The summed E-state index contributed by atoms with van der Waals surface area (Å²) in [5.41, 5.74) is 2.62. The van der Waals surface area contributed by atoms with Crippen LogP contribution in [-0.2, 0) is 17.9 Å². The Morgan fingerprint density at radius 2 is 1.46 bits per heavy atom. The molecule has 1 aromatic carbocycles. The van der Waals surface area contributed by atoms with Crippen molar-refractivity contribution in [3.8, 4) is 0 Å². The van der Waals surface area contributed by atoms with Crippen LogP contribution < -0.4 is 0 Å². The van der Waals surface area contributed by atoms with E-state index in [4.69, 9.17) is 0 Å². The Balaban J connectivity index is 1.20. The molecule has 2 aliphatic rings. The number of amides is 1. The van der Waals surface area contributed by atoms with Crippen molar-refractivity contribution in [2.75, 3.05) is 45.8 Å². The molecule has 0 spiro atoms. The largest absolute Gasteiger partial charge is 0.342 e. The number of hydrogen-bond donors (Lipinski definition) is 0. The molecular weight excluding hydrogens is 350 g/mol. The topological polar surface area (TPSA) is 44.6 Å². The summed E-state index contributed by atoms with van der Waals surface area (Å²) < 4.78 is 1.94. The Labute approximate surface area is 167 Å². The number of hydrogen-bond acceptors (Lipinski definition) is 4. The van der Waals surface area contributed by atoms with E-state index in [9.17, 15) is 4.79 Å². The maximum Gasteiger partial charge on any atom is 0.236 e. The highest BCUT2D eigenvalue weighted by atomic mass is 16.2. The molecule has 6 heteroatoms. The van der Waals surface area contributed by atoms with Crippen molar-refractivity contribution >= 4 is 5.91 Å². The fourth-order valence-corrected chi connectivity index (χ4v) is 4.13. The zero-order valence-corrected chi connectivity index (χ0v) is 16.7. The maximum atomic E-state index is 12.4. The van der Waals surface area contributed by atoms with Gasteiger partial charge in [0, 0.05) is 58.2 Å². The first kappa shape index (κ1) is 19.2. The van der Waals surface area contributed by atoms with Gasteiger partial charge in [-0.3, -0.25) is 19.3 Å². The van der Waals surface area contributed by atoms with Crippen molar-refractivity contribution in [3.63, 3.8) is 0 Å². The lowest BCUT2D eigenvalue weighted by Gasteiger charge is -2.36. The second-order valence-electron chi connectivity index (χ2n) is 8.01. The minimum atomic E-state index is 0.320. The van der Waals surface area contributed by atoms with Gasteiger partial charge >= 0.3 is 0 Å². The molecule has 4 rings (SSSR count). The predicted molar refractivity (Wildman–Crippen MR) is 110 cm³/mol. The van der Waals surface area contributed by atoms with E-state index in [0.29, 0.717) is 12.5 Å². The van der Waals surface area contributed by atoms with Crippen LogP contribution in [0.5, 0.6) is 0 Å². The molecule has 1 amide bonds. The number of carbonyl (C=O) groups is 1. The molecule has 0 atom stereocenters. The lowest BCUT2D eigenvalue weighted by Crippen LogP contribution is -2.50. The van der Waals surface area contributed by atoms with E-state index in [1.54, 1.807) is 0 Å². The van der Waals surface area contributed by atoms with Gasteiger partial charge < -0.3 is 4.90 Å². The van der Waals surface area contributed by atoms with Gasteiger partial charge in [0.1, 0.15) is 0 Å². The monoisotopic (exact) mass is 381 g/mol. The molecule has 1 aromatic heterocycles. The first-order valence-electron chi connectivity index (χ1n) is 10.5. The molecule has 28 heavy (non-hydrogen) atoms. The highest BCUT2D eigenvalue weighted by molar-refractivity contribution is 5.78. The SMILES string of the molecule is O=C(CN1CCN(Cc2ccc(Cn3cccn3)cc2)CC1)N1CCCCC1. The van der Waals surface area contributed by atoms with Crippen LogP contribution >= 0.6 is 0 Å². The summed E-state index contributed by atoms with van der Waals surface area (Å²) in [7, 11) is 0. The van der Waals surface area contributed by atoms with E-state index in [-0.39, 0.29) is 0 Å². The van der Waals surface area contributed by atoms with E-state index in [1.165, 1.54) is 30.4 Å². The third-order valence-electron chi connectivity index (χ3n) is 5.87. The Kier molecular flexibility index (Phi) is 6.39. The van der Waals surface area contributed by atoms with Crippen molar-refractivity contribution in [3.05, 3.63) is 53.9 Å². The lowest BCUT2D eigenvalue weighted by molar-refractivity contribution is -0.133. The summed E-state index contributed by atoms with van der Waals surface area (Å²) >= 11 is 0. The van der Waals surface area contributed by atoms with Gasteiger partial charge in [-0.15, -0.1) is 0 Å². The predicted octanol–water partition coefficient (Wildman–Crippen LogP) is 2.06. The molecule has 150 valence electrons. The summed E-state index contributed by atoms with van der Waals surface area (Å²) in [6.45, 7) is 8.33. The van der Waals surface area contributed by atoms with Gasteiger partial charge in [-0.2, -0.15) is 5.10 Å². The van der Waals surface area contributed by atoms with Gasteiger partial charge in [0.2, 0.25) is 5.91 Å². The van der Waals surface area contributed by atoms with Gasteiger partial charge in [-0.25, -0.2) is 0 Å². The molecule has 0 N–H and O–H groups in total. The van der Waals surface area contributed by atoms with Crippen molar-refractivity contribution in [1.29, 1.82) is 0 Å². The average Bonchev–Trinajstić information content (AvgIpc) is 3.25. The minimum Gasteiger partial charge on any atom is -0.342 e. The molecule has 0 radical (unpaired) electrons. The Hall–Kier alpha value is -2.18. The molecule has 2 fully saturated rings. The number of aromatic nitrogens is 2. The number of benzene rings is 1. The standard InChI is InChI=1S/C22H31N5O/c28-22(26-10-2-1-3-11-26)19-25-15-13-24(14-16-25)17-20-5-7-21(8-6-20)18-27-12-4-9-23-27/h4-9,12H,1-3,10-11,13-19H2. The molecule has 2 aliphatic heterocycles. The molecule has 0 bridgehead atoms. The van der Waals surface area contributed by atoms with Gasteiger partial charge in [-0.1, -0.05) is 24.3 Å². The highest BCUT2D eigenvalue weighted by Crippen LogP contribution is 2.13. The van der Waals surface area contributed by atoms with Crippen LogP contribution in [-0.4, -0.2) is 76.2 Å². The summed E-state index contributed by atoms with van der Waals surface area (Å²) in [4.78, 5) is 19.3. The molecule has 6 nitrogen and oxygen atoms in total. The second-order valence-corrected chi connectivity index (χ2v) is 8.01. The van der Waals surface area contributed by atoms with Gasteiger partial charge in [0.05, 0.1) is 13.1 Å². The fraction of sp³-hybridized carbons (Fsp3) is 0.545. The van der Waals surface area contributed by atoms with E-state index < -0.39 is 0 Å². The van der Waals surface area contributed by atoms with Crippen molar-refractivity contribution in [1.82, 2.24) is 24.5 Å². The first-order valence-corrected chi connectivity index (χ1v) is 10.5. The quantitative estimate of drug-likeness (QED) is 0.768. The second kappa shape index (κ2) is 9.34. The lowest BCUT2D eigenvalue weighted by atomic mass is 10.1. The molecule has 0 aliphatic carbocycles. The number of likely N-dealkylation sites (tertiary alicyclic amines) is 1. The van der Waals surface area contributed by atoms with Crippen molar-refractivity contribution in [2.45, 2.75) is 32.4 Å². The van der Waals surface area contributed by atoms with Crippen LogP contribution in [0.4, 0.5) is 0 Å². The van der Waals surface area contributed by atoms with Crippen LogP contribution in [0.1, 0.15) is 30.4 Å². The van der Waals surface area contributed by atoms with Crippen LogP contribution in [0.25, 0.3) is 0 Å². The fourth-order valence-electron chi connectivity index (χ4n) is 4.13. The minimum absolute atomic E-state index is 0.320. The van der Waals surface area contributed by atoms with Gasteiger partial charge in [0.25, 0.3) is 0 Å². The molecular formula is C22H31N5O. The van der Waals surface area contributed by atoms with Gasteiger partial charge in [-0.05, 0) is 36.5 Å². The van der Waals surface area contributed by atoms with E-state index >= 15 is 0 Å². The molecule has 2 aromatic rings. The number of carbonyl (C=O) groups excluding carboxylic acids is 1. The maximum absolute atomic E-state index is 12.4. The number of rotatable bonds is 6. The van der Waals surface area contributed by atoms with Crippen molar-refractivity contribution < 1.29 is 4.79 Å². The van der Waals surface area contributed by atoms with E-state index in [1.807, 2.05) is 23.1 Å². The Morgan fingerprint density at radius 1 is 0.821 bits per heavy atom. The molecule has 2 saturated heterocycles. The zero-order valence-electron chi connectivity index (χ0n) is 16.7. The first-order chi connectivity index (χ1) is 13.8. The average molecular weight is 382 g/mol. The van der Waals surface area contributed by atoms with Crippen LogP contribution in [0, 0.1) is 0 Å². The number of nitrogens with zero attached hydrogens (tertiary/aromatic N) is 5. The third kappa shape index (κ3) is 5.20. The van der Waals surface area contributed by atoms with Crippen LogP contribution in [0.3, 0.4) is 0 Å².